The Balaban J connectivity index is 2.53. The quantitative estimate of drug-likeness (QED) is 0.295. The molecular formula is C37H62O8. The number of ether oxygens (including phenoxy) is 5. The molecule has 12 atom stereocenters. The highest BCUT2D eigenvalue weighted by Crippen LogP contribution is 2.44. The van der Waals surface area contributed by atoms with Crippen LogP contribution >= 0.6 is 0 Å². The number of cyclic esters (lactones) is 1. The maximum Gasteiger partial charge on any atom is 0.334 e. The number of carbonyl (C=O) groups excluding carboxylic acids is 1. The van der Waals surface area contributed by atoms with Crippen LogP contribution in [0.4, 0.5) is 0 Å². The van der Waals surface area contributed by atoms with E-state index in [9.17, 15) is 15.0 Å². The van der Waals surface area contributed by atoms with E-state index in [4.69, 9.17) is 23.7 Å². The minimum atomic E-state index is -1.11. The van der Waals surface area contributed by atoms with Crippen molar-refractivity contribution >= 4 is 5.97 Å². The van der Waals surface area contributed by atoms with E-state index in [-0.39, 0.29) is 35.9 Å². The van der Waals surface area contributed by atoms with Gasteiger partial charge in [-0.25, -0.2) is 4.79 Å². The maximum absolute atomic E-state index is 13.5. The van der Waals surface area contributed by atoms with Crippen molar-refractivity contribution in [1.82, 2.24) is 0 Å². The van der Waals surface area contributed by atoms with E-state index in [0.717, 1.165) is 17.6 Å². The summed E-state index contributed by atoms with van der Waals surface area (Å²) in [6.45, 7) is 19.8. The predicted molar refractivity (Wildman–Crippen MR) is 178 cm³/mol. The van der Waals surface area contributed by atoms with Crippen molar-refractivity contribution in [3.63, 3.8) is 0 Å². The van der Waals surface area contributed by atoms with Crippen LogP contribution in [-0.2, 0) is 28.5 Å². The summed E-state index contributed by atoms with van der Waals surface area (Å²) in [6, 6.07) is 0. The molecule has 0 aromatic rings. The lowest BCUT2D eigenvalue weighted by Gasteiger charge is -2.52. The van der Waals surface area contributed by atoms with E-state index >= 15 is 0 Å². The average molecular weight is 635 g/mol. The third-order valence-corrected chi connectivity index (χ3v) is 10.1. The van der Waals surface area contributed by atoms with Gasteiger partial charge in [0.15, 0.2) is 5.79 Å². The molecule has 0 aliphatic carbocycles. The third kappa shape index (κ3) is 9.85. The molecular weight excluding hydrogens is 572 g/mol. The fourth-order valence-electron chi connectivity index (χ4n) is 7.14. The molecule has 45 heavy (non-hydrogen) atoms. The molecule has 0 saturated carbocycles. The molecule has 8 nitrogen and oxygen atoms in total. The summed E-state index contributed by atoms with van der Waals surface area (Å²) < 4.78 is 30.7. The van der Waals surface area contributed by atoms with E-state index in [1.807, 2.05) is 65.8 Å². The Labute approximate surface area is 272 Å². The van der Waals surface area contributed by atoms with E-state index in [1.165, 1.54) is 0 Å². The number of esters is 1. The first-order chi connectivity index (χ1) is 21.0. The minimum Gasteiger partial charge on any atom is -0.456 e. The van der Waals surface area contributed by atoms with Crippen LogP contribution < -0.4 is 0 Å². The second-order valence-corrected chi connectivity index (χ2v) is 14.1. The van der Waals surface area contributed by atoms with E-state index in [0.29, 0.717) is 12.0 Å². The van der Waals surface area contributed by atoms with Gasteiger partial charge in [0, 0.05) is 57.0 Å². The predicted octanol–water partition coefficient (Wildman–Crippen LogP) is 6.42. The fraction of sp³-hybridized carbons (Fsp3) is 0.757. The van der Waals surface area contributed by atoms with Crippen LogP contribution in [0.1, 0.15) is 82.1 Å². The van der Waals surface area contributed by atoms with Crippen LogP contribution in [0.3, 0.4) is 0 Å². The van der Waals surface area contributed by atoms with Gasteiger partial charge in [-0.2, -0.15) is 0 Å². The molecule has 0 unspecified atom stereocenters. The molecule has 2 N–H and O–H groups in total. The Morgan fingerprint density at radius 2 is 1.64 bits per heavy atom. The SMILES string of the molecule is CO[C@H]1/C=C/C=C(\C)C[C@H](C)[C@H](O)[C@H](C)/C=C(C)/C=C(\C)C(=O)O[C@@H]1[C@@H](C)[C@@H](O)[C@H](C)[C@@]1(OC)C[C@@H](OC)[C@H](C)[C@@H](C(C)C)O1. The Morgan fingerprint density at radius 3 is 2.20 bits per heavy atom. The molecule has 2 aliphatic rings. The average Bonchev–Trinajstić information content (AvgIpc) is 3.00. The number of carbonyl (C=O) groups is 1. The Morgan fingerprint density at radius 1 is 1.00 bits per heavy atom. The highest BCUT2D eigenvalue weighted by atomic mass is 16.7. The number of rotatable bonds is 8. The number of allylic oxidation sites excluding steroid dienone is 5. The molecule has 0 amide bonds. The molecule has 0 aromatic carbocycles. The van der Waals surface area contributed by atoms with Gasteiger partial charge in [-0.15, -0.1) is 0 Å². The summed E-state index contributed by atoms with van der Waals surface area (Å²) >= 11 is 0. The zero-order valence-electron chi connectivity index (χ0n) is 30.1. The molecule has 2 rings (SSSR count). The third-order valence-electron chi connectivity index (χ3n) is 10.1. The largest absolute Gasteiger partial charge is 0.456 e. The summed E-state index contributed by atoms with van der Waals surface area (Å²) in [5.41, 5.74) is 2.39. The summed E-state index contributed by atoms with van der Waals surface area (Å²) in [4.78, 5) is 13.5. The summed E-state index contributed by atoms with van der Waals surface area (Å²) in [6.07, 6.45) is 7.49. The number of aliphatic hydroxyl groups excluding tert-OH is 2. The van der Waals surface area contributed by atoms with Crippen molar-refractivity contribution < 1.29 is 38.7 Å². The van der Waals surface area contributed by atoms with Crippen molar-refractivity contribution in [1.29, 1.82) is 0 Å². The number of aliphatic hydroxyl groups is 2. The van der Waals surface area contributed by atoms with Gasteiger partial charge < -0.3 is 33.9 Å². The molecule has 0 spiro atoms. The Kier molecular flexibility index (Phi) is 15.2. The molecule has 2 heterocycles. The lowest BCUT2D eigenvalue weighted by atomic mass is 9.76. The number of hydrogen-bond donors (Lipinski definition) is 2. The van der Waals surface area contributed by atoms with Crippen LogP contribution in [0.2, 0.25) is 0 Å². The molecule has 8 heteroatoms. The lowest BCUT2D eigenvalue weighted by Crippen LogP contribution is -2.60. The van der Waals surface area contributed by atoms with Crippen LogP contribution in [0.5, 0.6) is 0 Å². The standard InChI is InChI=1S/C37H62O8/c1-21(2)34-27(8)31(42-12)20-37(43-13,45-34)29(10)33(39)28(9)35-30(41-11)16-14-15-22(3)17-24(5)32(38)25(6)18-23(4)19-26(7)36(40)44-35/h14-16,18-19,21,24-25,27-35,38-39H,17,20H2,1-13H3/b16-14+,22-15+,23-18+,26-19+/t24-,25+,27-,28-,29-,30-,31+,32-,33+,34+,35+,37+/m0/s1. The molecule has 1 saturated heterocycles. The smallest absolute Gasteiger partial charge is 0.334 e. The van der Waals surface area contributed by atoms with Crippen molar-refractivity contribution in [2.75, 3.05) is 21.3 Å². The van der Waals surface area contributed by atoms with Gasteiger partial charge in [-0.05, 0) is 45.1 Å². The topological polar surface area (TPSA) is 104 Å². The number of methoxy groups -OCH3 is 3. The highest BCUT2D eigenvalue weighted by Gasteiger charge is 2.53. The van der Waals surface area contributed by atoms with Gasteiger partial charge in [0.05, 0.1) is 24.4 Å². The molecule has 0 aromatic heterocycles. The Bertz CT molecular complexity index is 1080. The van der Waals surface area contributed by atoms with E-state index in [1.54, 1.807) is 34.3 Å². The van der Waals surface area contributed by atoms with Crippen LogP contribution in [0.15, 0.2) is 47.1 Å². The molecule has 1 fully saturated rings. The first kappa shape index (κ1) is 39.4. The first-order valence-electron chi connectivity index (χ1n) is 16.6. The lowest BCUT2D eigenvalue weighted by molar-refractivity contribution is -0.340. The van der Waals surface area contributed by atoms with E-state index in [2.05, 4.69) is 20.8 Å². The van der Waals surface area contributed by atoms with Crippen molar-refractivity contribution in [2.45, 2.75) is 124 Å². The second kappa shape index (κ2) is 17.4. The van der Waals surface area contributed by atoms with Crippen molar-refractivity contribution in [3.05, 3.63) is 47.1 Å². The van der Waals surface area contributed by atoms with Gasteiger partial charge in [0.2, 0.25) is 0 Å². The van der Waals surface area contributed by atoms with Gasteiger partial charge in [0.1, 0.15) is 12.2 Å². The normalized spacial score (nSPS) is 40.6. The van der Waals surface area contributed by atoms with Gasteiger partial charge in [-0.3, -0.25) is 0 Å². The molecule has 2 aliphatic heterocycles. The van der Waals surface area contributed by atoms with Crippen LogP contribution in [-0.4, -0.2) is 79.9 Å². The van der Waals surface area contributed by atoms with Gasteiger partial charge in [0.25, 0.3) is 0 Å². The summed E-state index contributed by atoms with van der Waals surface area (Å²) in [5.74, 6) is -2.35. The summed E-state index contributed by atoms with van der Waals surface area (Å²) in [7, 11) is 4.88. The van der Waals surface area contributed by atoms with E-state index < -0.39 is 48.0 Å². The minimum absolute atomic E-state index is 0.0466. The van der Waals surface area contributed by atoms with Crippen LogP contribution in [0.25, 0.3) is 0 Å². The monoisotopic (exact) mass is 634 g/mol. The number of hydrogen-bond acceptors (Lipinski definition) is 8. The molecule has 258 valence electrons. The molecule has 0 bridgehead atoms. The zero-order chi connectivity index (χ0) is 34.2. The Hall–Kier alpha value is -1.81. The molecule has 0 radical (unpaired) electrons. The fourth-order valence-corrected chi connectivity index (χ4v) is 7.14. The van der Waals surface area contributed by atoms with Gasteiger partial charge >= 0.3 is 5.97 Å². The second-order valence-electron chi connectivity index (χ2n) is 14.1. The summed E-state index contributed by atoms with van der Waals surface area (Å²) in [5, 5.41) is 22.9. The van der Waals surface area contributed by atoms with Crippen molar-refractivity contribution in [3.8, 4) is 0 Å². The van der Waals surface area contributed by atoms with Gasteiger partial charge in [-0.1, -0.05) is 83.9 Å². The maximum atomic E-state index is 13.5. The highest BCUT2D eigenvalue weighted by molar-refractivity contribution is 5.88. The van der Waals surface area contributed by atoms with Crippen molar-refractivity contribution in [2.24, 2.45) is 35.5 Å². The first-order valence-corrected chi connectivity index (χ1v) is 16.6. The zero-order valence-corrected chi connectivity index (χ0v) is 30.1. The van der Waals surface area contributed by atoms with Crippen LogP contribution in [0, 0.1) is 35.5 Å².